The zero-order valence-corrected chi connectivity index (χ0v) is 15.2. The lowest BCUT2D eigenvalue weighted by atomic mass is 10.00. The number of imide groups is 1. The molecule has 2 aromatic carbocycles. The van der Waals surface area contributed by atoms with E-state index in [9.17, 15) is 14.4 Å². The van der Waals surface area contributed by atoms with Gasteiger partial charge in [0.15, 0.2) is 5.78 Å². The standard InChI is InChI=1S/C23H18N2O3/c26-21(16-8-2-1-3-9-16)19-12-6-14-24-20(19)13-7-15-25-22(27)17-10-4-5-11-18(17)23(25)28/h1-6,8-12,14H,7,13,15H2. The fourth-order valence-corrected chi connectivity index (χ4v) is 3.44. The number of benzene rings is 2. The van der Waals surface area contributed by atoms with Crippen molar-refractivity contribution < 1.29 is 14.4 Å². The molecule has 4 rings (SSSR count). The van der Waals surface area contributed by atoms with Crippen molar-refractivity contribution in [3.8, 4) is 0 Å². The van der Waals surface area contributed by atoms with Crippen molar-refractivity contribution in [2.24, 2.45) is 0 Å². The zero-order valence-electron chi connectivity index (χ0n) is 15.2. The Morgan fingerprint density at radius 2 is 1.46 bits per heavy atom. The molecule has 0 N–H and O–H groups in total. The molecule has 0 fully saturated rings. The molecular weight excluding hydrogens is 352 g/mol. The Bertz CT molecular complexity index is 1030. The molecule has 0 saturated carbocycles. The van der Waals surface area contributed by atoms with Crippen LogP contribution in [0.5, 0.6) is 0 Å². The second-order valence-corrected chi connectivity index (χ2v) is 6.60. The van der Waals surface area contributed by atoms with Crippen LogP contribution in [0.15, 0.2) is 72.9 Å². The Morgan fingerprint density at radius 3 is 2.14 bits per heavy atom. The quantitative estimate of drug-likeness (QED) is 0.492. The van der Waals surface area contributed by atoms with E-state index in [0.29, 0.717) is 47.3 Å². The molecule has 0 atom stereocenters. The molecule has 3 aromatic rings. The number of aromatic nitrogens is 1. The van der Waals surface area contributed by atoms with E-state index in [2.05, 4.69) is 4.98 Å². The summed E-state index contributed by atoms with van der Waals surface area (Å²) in [4.78, 5) is 43.3. The molecule has 0 radical (unpaired) electrons. The fraction of sp³-hybridized carbons (Fsp3) is 0.130. The average molecular weight is 370 g/mol. The monoisotopic (exact) mass is 370 g/mol. The molecule has 1 aromatic heterocycles. The maximum absolute atomic E-state index is 12.8. The Balaban J connectivity index is 1.46. The van der Waals surface area contributed by atoms with E-state index in [-0.39, 0.29) is 17.6 Å². The third kappa shape index (κ3) is 3.22. The number of hydrogen-bond donors (Lipinski definition) is 0. The van der Waals surface area contributed by atoms with Gasteiger partial charge in [0.2, 0.25) is 0 Å². The fourth-order valence-electron chi connectivity index (χ4n) is 3.44. The molecule has 2 heterocycles. The Morgan fingerprint density at radius 1 is 0.821 bits per heavy atom. The van der Waals surface area contributed by atoms with Crippen LogP contribution in [-0.4, -0.2) is 34.0 Å². The van der Waals surface area contributed by atoms with Gasteiger partial charge in [-0.1, -0.05) is 42.5 Å². The summed E-state index contributed by atoms with van der Waals surface area (Å²) in [6, 6.07) is 19.4. The topological polar surface area (TPSA) is 67.3 Å². The molecule has 2 amide bonds. The molecule has 0 aliphatic carbocycles. The highest BCUT2D eigenvalue weighted by molar-refractivity contribution is 6.21. The second-order valence-electron chi connectivity index (χ2n) is 6.60. The van der Waals surface area contributed by atoms with E-state index in [1.807, 2.05) is 18.2 Å². The first-order valence-electron chi connectivity index (χ1n) is 9.15. The first-order valence-corrected chi connectivity index (χ1v) is 9.15. The minimum absolute atomic E-state index is 0.0792. The average Bonchev–Trinajstić information content (AvgIpc) is 2.99. The van der Waals surface area contributed by atoms with Gasteiger partial charge >= 0.3 is 0 Å². The van der Waals surface area contributed by atoms with Gasteiger partial charge in [-0.15, -0.1) is 0 Å². The highest BCUT2D eigenvalue weighted by Gasteiger charge is 2.34. The van der Waals surface area contributed by atoms with Gasteiger partial charge < -0.3 is 0 Å². The number of carbonyl (C=O) groups excluding carboxylic acids is 3. The van der Waals surface area contributed by atoms with Gasteiger partial charge in [-0.25, -0.2) is 0 Å². The van der Waals surface area contributed by atoms with Gasteiger partial charge in [0.1, 0.15) is 0 Å². The molecule has 5 nitrogen and oxygen atoms in total. The molecule has 1 aliphatic rings. The molecule has 28 heavy (non-hydrogen) atoms. The van der Waals surface area contributed by atoms with Crippen molar-refractivity contribution >= 4 is 17.6 Å². The molecule has 0 unspecified atom stereocenters. The van der Waals surface area contributed by atoms with Crippen LogP contribution in [-0.2, 0) is 6.42 Å². The van der Waals surface area contributed by atoms with Gasteiger partial charge in [0.05, 0.1) is 16.8 Å². The van der Waals surface area contributed by atoms with Crippen molar-refractivity contribution in [2.45, 2.75) is 12.8 Å². The van der Waals surface area contributed by atoms with Gasteiger partial charge in [0.25, 0.3) is 11.8 Å². The molecule has 0 spiro atoms. The molecule has 0 saturated heterocycles. The minimum atomic E-state index is -0.262. The number of pyridine rings is 1. The predicted molar refractivity (Wildman–Crippen MR) is 104 cm³/mol. The van der Waals surface area contributed by atoms with Crippen molar-refractivity contribution in [1.29, 1.82) is 0 Å². The van der Waals surface area contributed by atoms with Crippen LogP contribution in [0, 0.1) is 0 Å². The lowest BCUT2D eigenvalue weighted by Crippen LogP contribution is -2.31. The first-order chi connectivity index (χ1) is 13.7. The van der Waals surface area contributed by atoms with Crippen LogP contribution in [0.2, 0.25) is 0 Å². The summed E-state index contributed by atoms with van der Waals surface area (Å²) in [5.74, 6) is -0.603. The minimum Gasteiger partial charge on any atom is -0.289 e. The molecule has 5 heteroatoms. The summed E-state index contributed by atoms with van der Waals surface area (Å²) >= 11 is 0. The molecule has 1 aliphatic heterocycles. The number of ketones is 1. The third-order valence-electron chi connectivity index (χ3n) is 4.84. The summed E-state index contributed by atoms with van der Waals surface area (Å²) in [5.41, 5.74) is 2.73. The van der Waals surface area contributed by atoms with Crippen LogP contribution in [0.3, 0.4) is 0 Å². The molecule has 0 bridgehead atoms. The Labute approximate surface area is 162 Å². The maximum atomic E-state index is 12.8. The summed E-state index contributed by atoms with van der Waals surface area (Å²) in [5, 5.41) is 0. The smallest absolute Gasteiger partial charge is 0.261 e. The van der Waals surface area contributed by atoms with Gasteiger partial charge in [0, 0.05) is 23.9 Å². The van der Waals surface area contributed by atoms with Crippen LogP contribution in [0.25, 0.3) is 0 Å². The van der Waals surface area contributed by atoms with Crippen LogP contribution in [0.4, 0.5) is 0 Å². The third-order valence-corrected chi connectivity index (χ3v) is 4.84. The summed E-state index contributed by atoms with van der Waals surface area (Å²) in [6.07, 6.45) is 2.69. The second kappa shape index (κ2) is 7.56. The van der Waals surface area contributed by atoms with Crippen molar-refractivity contribution in [3.63, 3.8) is 0 Å². The Hall–Kier alpha value is -3.60. The highest BCUT2D eigenvalue weighted by atomic mass is 16.2. The highest BCUT2D eigenvalue weighted by Crippen LogP contribution is 2.23. The lowest BCUT2D eigenvalue weighted by molar-refractivity contribution is 0.0652. The normalized spacial score (nSPS) is 12.9. The maximum Gasteiger partial charge on any atom is 0.261 e. The van der Waals surface area contributed by atoms with E-state index in [4.69, 9.17) is 0 Å². The van der Waals surface area contributed by atoms with E-state index < -0.39 is 0 Å². The summed E-state index contributed by atoms with van der Waals surface area (Å²) in [7, 11) is 0. The number of nitrogens with zero attached hydrogens (tertiary/aromatic N) is 2. The number of rotatable bonds is 6. The van der Waals surface area contributed by atoms with Gasteiger partial charge in [-0.3, -0.25) is 24.3 Å². The first kappa shape index (κ1) is 17.8. The lowest BCUT2D eigenvalue weighted by Gasteiger charge is -2.14. The number of aryl methyl sites for hydroxylation is 1. The van der Waals surface area contributed by atoms with Crippen molar-refractivity contribution in [3.05, 3.63) is 101 Å². The molecule has 138 valence electrons. The van der Waals surface area contributed by atoms with E-state index >= 15 is 0 Å². The van der Waals surface area contributed by atoms with E-state index in [1.165, 1.54) is 4.90 Å². The van der Waals surface area contributed by atoms with Crippen molar-refractivity contribution in [1.82, 2.24) is 9.88 Å². The van der Waals surface area contributed by atoms with E-state index in [1.54, 1.807) is 54.7 Å². The summed E-state index contributed by atoms with van der Waals surface area (Å²) in [6.45, 7) is 0.294. The number of fused-ring (bicyclic) bond motifs is 1. The zero-order chi connectivity index (χ0) is 19.5. The molecular formula is C23H18N2O3. The van der Waals surface area contributed by atoms with Gasteiger partial charge in [-0.05, 0) is 37.1 Å². The number of carbonyl (C=O) groups is 3. The Kier molecular flexibility index (Phi) is 4.81. The van der Waals surface area contributed by atoms with Crippen LogP contribution in [0.1, 0.15) is 48.8 Å². The van der Waals surface area contributed by atoms with Gasteiger partial charge in [-0.2, -0.15) is 0 Å². The number of amides is 2. The number of hydrogen-bond acceptors (Lipinski definition) is 4. The van der Waals surface area contributed by atoms with E-state index in [0.717, 1.165) is 0 Å². The van der Waals surface area contributed by atoms with Crippen LogP contribution >= 0.6 is 0 Å². The predicted octanol–water partition coefficient (Wildman–Crippen LogP) is 3.54. The SMILES string of the molecule is O=C(c1ccccc1)c1cccnc1CCCN1C(=O)c2ccccc2C1=O. The van der Waals surface area contributed by atoms with Crippen molar-refractivity contribution in [2.75, 3.05) is 6.54 Å². The van der Waals surface area contributed by atoms with Crippen LogP contribution < -0.4 is 0 Å². The largest absolute Gasteiger partial charge is 0.289 e. The summed E-state index contributed by atoms with van der Waals surface area (Å²) < 4.78 is 0.